The first-order chi connectivity index (χ1) is 9.15. The zero-order chi connectivity index (χ0) is 13.8. The van der Waals surface area contributed by atoms with Crippen LogP contribution >= 0.6 is 0 Å². The number of rotatable bonds is 5. The Balaban J connectivity index is 2.36. The Morgan fingerprint density at radius 1 is 1.32 bits per heavy atom. The molecule has 1 unspecified atom stereocenters. The number of methoxy groups -OCH3 is 1. The number of hydrogen-bond donors (Lipinski definition) is 1. The molecule has 1 aromatic carbocycles. The molecule has 0 amide bonds. The van der Waals surface area contributed by atoms with Crippen molar-refractivity contribution in [2.45, 2.75) is 19.9 Å². The second-order valence-corrected chi connectivity index (χ2v) is 4.33. The van der Waals surface area contributed by atoms with Crippen LogP contribution in [0.2, 0.25) is 0 Å². The molecule has 0 saturated heterocycles. The van der Waals surface area contributed by atoms with Crippen molar-refractivity contribution >= 4 is 0 Å². The summed E-state index contributed by atoms with van der Waals surface area (Å²) in [5.41, 5.74) is 0.814. The van der Waals surface area contributed by atoms with Gasteiger partial charge in [-0.1, -0.05) is 13.0 Å². The number of halogens is 1. The van der Waals surface area contributed by atoms with Crippen molar-refractivity contribution in [2.24, 2.45) is 0 Å². The lowest BCUT2D eigenvalue weighted by Gasteiger charge is -2.16. The molecule has 0 radical (unpaired) electrons. The number of nitrogens with one attached hydrogen (secondary N) is 1. The van der Waals surface area contributed by atoms with Crippen LogP contribution in [0.3, 0.4) is 0 Å². The molecule has 19 heavy (non-hydrogen) atoms. The van der Waals surface area contributed by atoms with Gasteiger partial charge in [0.1, 0.15) is 11.5 Å². The van der Waals surface area contributed by atoms with E-state index in [4.69, 9.17) is 9.15 Å². The Bertz CT molecular complexity index is 551. The van der Waals surface area contributed by atoms with Crippen molar-refractivity contribution in [3.8, 4) is 5.75 Å². The molecule has 1 atom stereocenters. The van der Waals surface area contributed by atoms with Crippen LogP contribution in [0.5, 0.6) is 5.75 Å². The summed E-state index contributed by atoms with van der Waals surface area (Å²) in [5.74, 6) is 1.50. The van der Waals surface area contributed by atoms with E-state index in [1.807, 2.05) is 32.0 Å². The van der Waals surface area contributed by atoms with Crippen LogP contribution in [-0.4, -0.2) is 13.7 Å². The van der Waals surface area contributed by atoms with E-state index in [9.17, 15) is 4.39 Å². The van der Waals surface area contributed by atoms with Crippen LogP contribution in [0.4, 0.5) is 4.39 Å². The smallest absolute Gasteiger partial charge is 0.165 e. The molecular formula is C15H18FNO2. The number of benzene rings is 1. The maximum absolute atomic E-state index is 13.8. The minimum atomic E-state index is -0.369. The number of aryl methyl sites for hydroxylation is 1. The monoisotopic (exact) mass is 263 g/mol. The quantitative estimate of drug-likeness (QED) is 0.897. The van der Waals surface area contributed by atoms with E-state index < -0.39 is 0 Å². The zero-order valence-electron chi connectivity index (χ0n) is 11.4. The zero-order valence-corrected chi connectivity index (χ0v) is 11.4. The first-order valence-electron chi connectivity index (χ1n) is 6.29. The van der Waals surface area contributed by atoms with E-state index in [2.05, 4.69) is 5.32 Å². The number of hydrogen-bond acceptors (Lipinski definition) is 3. The van der Waals surface area contributed by atoms with Gasteiger partial charge in [0.05, 0.1) is 13.2 Å². The van der Waals surface area contributed by atoms with Gasteiger partial charge in [0.15, 0.2) is 11.6 Å². The van der Waals surface area contributed by atoms with E-state index in [-0.39, 0.29) is 17.6 Å². The molecule has 0 aliphatic rings. The summed E-state index contributed by atoms with van der Waals surface area (Å²) < 4.78 is 24.4. The van der Waals surface area contributed by atoms with Crippen molar-refractivity contribution in [2.75, 3.05) is 13.7 Å². The summed E-state index contributed by atoms with van der Waals surface area (Å²) in [4.78, 5) is 0. The molecule has 0 aliphatic heterocycles. The third kappa shape index (κ3) is 2.96. The van der Waals surface area contributed by atoms with Crippen molar-refractivity contribution in [3.63, 3.8) is 0 Å². The third-order valence-electron chi connectivity index (χ3n) is 2.96. The van der Waals surface area contributed by atoms with E-state index >= 15 is 0 Å². The molecule has 0 saturated carbocycles. The molecule has 1 N–H and O–H groups in total. The summed E-state index contributed by atoms with van der Waals surface area (Å²) in [6.45, 7) is 4.65. The summed E-state index contributed by atoms with van der Waals surface area (Å²) in [6, 6.07) is 8.60. The SMILES string of the molecule is CCNC(c1ccc(OC)c(F)c1)c1ccc(C)o1. The van der Waals surface area contributed by atoms with Crippen LogP contribution in [-0.2, 0) is 0 Å². The topological polar surface area (TPSA) is 34.4 Å². The Kier molecular flexibility index (Phi) is 4.22. The Morgan fingerprint density at radius 3 is 2.63 bits per heavy atom. The molecule has 0 fully saturated rings. The minimum absolute atomic E-state index is 0.154. The molecule has 0 spiro atoms. The minimum Gasteiger partial charge on any atom is -0.494 e. The lowest BCUT2D eigenvalue weighted by Crippen LogP contribution is -2.21. The Morgan fingerprint density at radius 2 is 2.11 bits per heavy atom. The van der Waals surface area contributed by atoms with Crippen LogP contribution in [0.25, 0.3) is 0 Å². The summed E-state index contributed by atoms with van der Waals surface area (Å²) in [5, 5.41) is 3.29. The number of ether oxygens (including phenoxy) is 1. The Hall–Kier alpha value is -1.81. The molecule has 102 valence electrons. The third-order valence-corrected chi connectivity index (χ3v) is 2.96. The van der Waals surface area contributed by atoms with Gasteiger partial charge in [-0.15, -0.1) is 0 Å². The first-order valence-corrected chi connectivity index (χ1v) is 6.29. The average Bonchev–Trinajstić information content (AvgIpc) is 2.82. The van der Waals surface area contributed by atoms with Gasteiger partial charge in [0.25, 0.3) is 0 Å². The molecule has 2 rings (SSSR count). The van der Waals surface area contributed by atoms with Crippen LogP contribution < -0.4 is 10.1 Å². The fraction of sp³-hybridized carbons (Fsp3) is 0.333. The van der Waals surface area contributed by atoms with Gasteiger partial charge in [0.2, 0.25) is 0 Å². The Labute approximate surface area is 112 Å². The van der Waals surface area contributed by atoms with Crippen LogP contribution in [0.15, 0.2) is 34.7 Å². The maximum Gasteiger partial charge on any atom is 0.165 e. The van der Waals surface area contributed by atoms with Gasteiger partial charge in [-0.25, -0.2) is 4.39 Å². The predicted octanol–water partition coefficient (Wildman–Crippen LogP) is 3.43. The molecule has 0 aliphatic carbocycles. The second-order valence-electron chi connectivity index (χ2n) is 4.33. The largest absolute Gasteiger partial charge is 0.494 e. The van der Waals surface area contributed by atoms with Crippen molar-refractivity contribution < 1.29 is 13.5 Å². The predicted molar refractivity (Wildman–Crippen MR) is 71.9 cm³/mol. The van der Waals surface area contributed by atoms with Crippen LogP contribution in [0.1, 0.15) is 30.0 Å². The van der Waals surface area contributed by atoms with Gasteiger partial charge >= 0.3 is 0 Å². The second kappa shape index (κ2) is 5.89. The molecular weight excluding hydrogens is 245 g/mol. The number of furan rings is 1. The maximum atomic E-state index is 13.8. The summed E-state index contributed by atoms with van der Waals surface area (Å²) in [7, 11) is 1.45. The highest BCUT2D eigenvalue weighted by Gasteiger charge is 2.18. The van der Waals surface area contributed by atoms with Crippen molar-refractivity contribution in [1.82, 2.24) is 5.32 Å². The van der Waals surface area contributed by atoms with E-state index in [0.29, 0.717) is 0 Å². The van der Waals surface area contributed by atoms with Gasteiger partial charge in [0, 0.05) is 0 Å². The van der Waals surface area contributed by atoms with Gasteiger partial charge < -0.3 is 14.5 Å². The standard InChI is InChI=1S/C15H18FNO2/c1-4-17-15(14-7-5-10(2)19-14)11-6-8-13(18-3)12(16)9-11/h5-9,15,17H,4H2,1-3H3. The summed E-state index contributed by atoms with van der Waals surface area (Å²) >= 11 is 0. The van der Waals surface area contributed by atoms with E-state index in [1.54, 1.807) is 6.07 Å². The molecule has 1 heterocycles. The molecule has 2 aromatic rings. The van der Waals surface area contributed by atoms with Gasteiger partial charge in [-0.2, -0.15) is 0 Å². The lowest BCUT2D eigenvalue weighted by molar-refractivity contribution is 0.384. The highest BCUT2D eigenvalue weighted by Crippen LogP contribution is 2.27. The first kappa shape index (κ1) is 13.6. The highest BCUT2D eigenvalue weighted by molar-refractivity contribution is 5.34. The molecule has 4 heteroatoms. The summed E-state index contributed by atoms with van der Waals surface area (Å²) in [6.07, 6.45) is 0. The molecule has 0 bridgehead atoms. The normalized spacial score (nSPS) is 12.4. The van der Waals surface area contributed by atoms with Crippen molar-refractivity contribution in [3.05, 3.63) is 53.2 Å². The highest BCUT2D eigenvalue weighted by atomic mass is 19.1. The fourth-order valence-corrected chi connectivity index (χ4v) is 2.06. The van der Waals surface area contributed by atoms with E-state index in [0.717, 1.165) is 23.6 Å². The lowest BCUT2D eigenvalue weighted by atomic mass is 10.0. The molecule has 1 aromatic heterocycles. The van der Waals surface area contributed by atoms with Crippen LogP contribution in [0, 0.1) is 12.7 Å². The fourth-order valence-electron chi connectivity index (χ4n) is 2.06. The van der Waals surface area contributed by atoms with Crippen molar-refractivity contribution in [1.29, 1.82) is 0 Å². The van der Waals surface area contributed by atoms with E-state index in [1.165, 1.54) is 13.2 Å². The average molecular weight is 263 g/mol. The van der Waals surface area contributed by atoms with Gasteiger partial charge in [-0.3, -0.25) is 0 Å². The van der Waals surface area contributed by atoms with Gasteiger partial charge in [-0.05, 0) is 43.3 Å². The molecule has 3 nitrogen and oxygen atoms in total.